The standard InChI is InChI=1S/C50H29NOS2/c1-2-9-33-27-34(14-13-30(33)7-1)31-15-18-35(19-16-31)51(36-21-25-45-42(28-36)39-11-5-6-12-44(39)53-45)37-20-23-40-47(29-37)54-46-26-24-43-48(49(40)46)41-22-17-32-8-3-4-10-38(32)50(41)52-43/h1-29H. The minimum Gasteiger partial charge on any atom is -0.455 e. The maximum atomic E-state index is 6.59. The van der Waals surface area contributed by atoms with Crippen LogP contribution in [0.5, 0.6) is 0 Å². The number of fused-ring (bicyclic) bond motifs is 13. The molecule has 0 saturated heterocycles. The predicted molar refractivity (Wildman–Crippen MR) is 235 cm³/mol. The van der Waals surface area contributed by atoms with Gasteiger partial charge in [0.25, 0.3) is 0 Å². The first-order valence-corrected chi connectivity index (χ1v) is 19.9. The average molecular weight is 724 g/mol. The van der Waals surface area contributed by atoms with Crippen molar-refractivity contribution in [1.29, 1.82) is 0 Å². The van der Waals surface area contributed by atoms with Crippen LogP contribution >= 0.6 is 22.7 Å². The fourth-order valence-corrected chi connectivity index (χ4v) is 10.7. The zero-order valence-electron chi connectivity index (χ0n) is 28.9. The van der Waals surface area contributed by atoms with Gasteiger partial charge in [0, 0.05) is 73.6 Å². The molecule has 0 unspecified atom stereocenters. The lowest BCUT2D eigenvalue weighted by Gasteiger charge is -2.26. The largest absolute Gasteiger partial charge is 0.455 e. The molecule has 9 aromatic carbocycles. The van der Waals surface area contributed by atoms with Gasteiger partial charge in [-0.25, -0.2) is 0 Å². The van der Waals surface area contributed by atoms with Crippen LogP contribution in [0.3, 0.4) is 0 Å². The van der Waals surface area contributed by atoms with Crippen molar-refractivity contribution < 1.29 is 4.42 Å². The number of thiophene rings is 2. The molecular formula is C50H29NOS2. The van der Waals surface area contributed by atoms with Crippen LogP contribution in [0, 0.1) is 0 Å². The Morgan fingerprint density at radius 1 is 0.352 bits per heavy atom. The molecule has 54 heavy (non-hydrogen) atoms. The molecule has 3 heterocycles. The van der Waals surface area contributed by atoms with Crippen molar-refractivity contribution in [2.45, 2.75) is 0 Å². The molecule has 0 aliphatic carbocycles. The van der Waals surface area contributed by atoms with Crippen molar-refractivity contribution in [2.24, 2.45) is 0 Å². The summed E-state index contributed by atoms with van der Waals surface area (Å²) in [6.07, 6.45) is 0. The van der Waals surface area contributed by atoms with Crippen LogP contribution in [0.25, 0.3) is 95.0 Å². The normalized spacial score (nSPS) is 12.1. The first-order chi connectivity index (χ1) is 26.7. The molecule has 0 amide bonds. The number of nitrogens with zero attached hydrogens (tertiary/aromatic N) is 1. The van der Waals surface area contributed by atoms with Crippen LogP contribution in [-0.4, -0.2) is 0 Å². The van der Waals surface area contributed by atoms with Gasteiger partial charge in [0.15, 0.2) is 0 Å². The van der Waals surface area contributed by atoms with Crippen molar-refractivity contribution in [1.82, 2.24) is 0 Å². The molecule has 0 aliphatic rings. The van der Waals surface area contributed by atoms with Crippen molar-refractivity contribution in [3.63, 3.8) is 0 Å². The van der Waals surface area contributed by atoms with Gasteiger partial charge in [-0.3, -0.25) is 0 Å². The van der Waals surface area contributed by atoms with E-state index < -0.39 is 0 Å². The summed E-state index contributed by atoms with van der Waals surface area (Å²) in [5.41, 5.74) is 7.70. The highest BCUT2D eigenvalue weighted by atomic mass is 32.1. The fourth-order valence-electron chi connectivity index (χ4n) is 8.46. The molecule has 4 heteroatoms. The Morgan fingerprint density at radius 3 is 1.91 bits per heavy atom. The Kier molecular flexibility index (Phi) is 6.41. The number of anilines is 3. The van der Waals surface area contributed by atoms with E-state index in [1.165, 1.54) is 78.4 Å². The van der Waals surface area contributed by atoms with E-state index in [0.717, 1.165) is 33.6 Å². The summed E-state index contributed by atoms with van der Waals surface area (Å²) in [4.78, 5) is 2.41. The molecule has 0 radical (unpaired) electrons. The minimum absolute atomic E-state index is 0.932. The van der Waals surface area contributed by atoms with Crippen molar-refractivity contribution in [3.05, 3.63) is 176 Å². The Hall–Kier alpha value is -6.46. The molecule has 2 nitrogen and oxygen atoms in total. The number of rotatable bonds is 4. The zero-order valence-corrected chi connectivity index (χ0v) is 30.5. The first kappa shape index (κ1) is 30.0. The smallest absolute Gasteiger partial charge is 0.143 e. The fraction of sp³-hybridized carbons (Fsp3) is 0. The van der Waals surface area contributed by atoms with Gasteiger partial charge in [-0.2, -0.15) is 0 Å². The Labute approximate surface area is 318 Å². The summed E-state index contributed by atoms with van der Waals surface area (Å²) in [6, 6.07) is 64.3. The van der Waals surface area contributed by atoms with Gasteiger partial charge in [0.05, 0.1) is 0 Å². The van der Waals surface area contributed by atoms with Crippen LogP contribution in [-0.2, 0) is 0 Å². The van der Waals surface area contributed by atoms with E-state index in [4.69, 9.17) is 4.42 Å². The average Bonchev–Trinajstić information content (AvgIpc) is 3.92. The van der Waals surface area contributed by atoms with E-state index >= 15 is 0 Å². The Morgan fingerprint density at radius 2 is 1.00 bits per heavy atom. The second kappa shape index (κ2) is 11.5. The Bertz CT molecular complexity index is 3460. The third-order valence-electron chi connectivity index (χ3n) is 11.0. The van der Waals surface area contributed by atoms with E-state index in [1.54, 1.807) is 0 Å². The lowest BCUT2D eigenvalue weighted by atomic mass is 10.0. The summed E-state index contributed by atoms with van der Waals surface area (Å²) in [7, 11) is 0. The topological polar surface area (TPSA) is 16.4 Å². The van der Waals surface area contributed by atoms with Crippen molar-refractivity contribution in [3.8, 4) is 11.1 Å². The lowest BCUT2D eigenvalue weighted by Crippen LogP contribution is -2.09. The predicted octanol–water partition coefficient (Wildman–Crippen LogP) is 15.8. The van der Waals surface area contributed by atoms with E-state index in [1.807, 2.05) is 22.7 Å². The maximum Gasteiger partial charge on any atom is 0.143 e. The van der Waals surface area contributed by atoms with Gasteiger partial charge in [0.2, 0.25) is 0 Å². The number of furan rings is 1. The number of hydrogen-bond donors (Lipinski definition) is 0. The molecule has 0 fully saturated rings. The van der Waals surface area contributed by atoms with Crippen LogP contribution in [0.4, 0.5) is 17.1 Å². The summed E-state index contributed by atoms with van der Waals surface area (Å²) in [6.45, 7) is 0. The van der Waals surface area contributed by atoms with Crippen LogP contribution in [0.1, 0.15) is 0 Å². The molecule has 3 aromatic heterocycles. The van der Waals surface area contributed by atoms with Crippen LogP contribution in [0.15, 0.2) is 180 Å². The molecule has 0 spiro atoms. The zero-order chi connectivity index (χ0) is 35.3. The quantitative estimate of drug-likeness (QED) is 0.180. The van der Waals surface area contributed by atoms with Crippen molar-refractivity contribution >= 4 is 124 Å². The summed E-state index contributed by atoms with van der Waals surface area (Å²) >= 11 is 3.71. The van der Waals surface area contributed by atoms with E-state index in [2.05, 4.69) is 181 Å². The number of hydrogen-bond acceptors (Lipinski definition) is 4. The highest BCUT2D eigenvalue weighted by molar-refractivity contribution is 7.26. The summed E-state index contributed by atoms with van der Waals surface area (Å²) < 4.78 is 11.7. The lowest BCUT2D eigenvalue weighted by molar-refractivity contribution is 0.673. The second-order valence-corrected chi connectivity index (χ2v) is 16.3. The maximum absolute atomic E-state index is 6.59. The minimum atomic E-state index is 0.932. The van der Waals surface area contributed by atoms with Gasteiger partial charge in [-0.05, 0) is 100 Å². The molecule has 0 aliphatic heterocycles. The van der Waals surface area contributed by atoms with Crippen LogP contribution in [0.2, 0.25) is 0 Å². The highest BCUT2D eigenvalue weighted by Crippen LogP contribution is 2.47. The van der Waals surface area contributed by atoms with Crippen LogP contribution < -0.4 is 4.90 Å². The van der Waals surface area contributed by atoms with E-state index in [0.29, 0.717) is 0 Å². The first-order valence-electron chi connectivity index (χ1n) is 18.2. The molecule has 0 saturated carbocycles. The van der Waals surface area contributed by atoms with Gasteiger partial charge < -0.3 is 9.32 Å². The van der Waals surface area contributed by atoms with E-state index in [-0.39, 0.29) is 0 Å². The molecular weight excluding hydrogens is 695 g/mol. The third kappa shape index (κ3) is 4.51. The third-order valence-corrected chi connectivity index (χ3v) is 13.3. The summed E-state index contributed by atoms with van der Waals surface area (Å²) in [5.74, 6) is 0. The van der Waals surface area contributed by atoms with Gasteiger partial charge in [-0.1, -0.05) is 103 Å². The molecule has 0 atom stereocenters. The highest BCUT2D eigenvalue weighted by Gasteiger charge is 2.20. The molecule has 12 rings (SSSR count). The monoisotopic (exact) mass is 723 g/mol. The Balaban J connectivity index is 1.04. The summed E-state index contributed by atoms with van der Waals surface area (Å²) in [5, 5.41) is 12.3. The van der Waals surface area contributed by atoms with Gasteiger partial charge >= 0.3 is 0 Å². The SMILES string of the molecule is c1ccc2cc(-c3ccc(N(c4ccc5c(c4)sc4ccc6oc7c8ccccc8ccc7c6c45)c4ccc5sc6ccccc6c5c4)cc3)ccc2c1. The van der Waals surface area contributed by atoms with Gasteiger partial charge in [-0.15, -0.1) is 22.7 Å². The molecule has 12 aromatic rings. The molecule has 252 valence electrons. The van der Waals surface area contributed by atoms with Crippen molar-refractivity contribution in [2.75, 3.05) is 4.90 Å². The second-order valence-electron chi connectivity index (χ2n) is 14.1. The number of benzene rings is 9. The van der Waals surface area contributed by atoms with E-state index in [9.17, 15) is 0 Å². The molecule has 0 N–H and O–H groups in total. The molecule has 0 bridgehead atoms. The van der Waals surface area contributed by atoms with Gasteiger partial charge in [0.1, 0.15) is 11.2 Å².